The van der Waals surface area contributed by atoms with Crippen molar-refractivity contribution in [3.8, 4) is 0 Å². The van der Waals surface area contributed by atoms with Crippen molar-refractivity contribution >= 4 is 11.6 Å². The smallest absolute Gasteiger partial charge is 0.399 e. The molecule has 1 unspecified atom stereocenters. The number of hydrogen-bond acceptors (Lipinski definition) is 2. The van der Waals surface area contributed by atoms with E-state index in [1.54, 1.807) is 6.07 Å². The maximum atomic E-state index is 12.7. The van der Waals surface area contributed by atoms with Gasteiger partial charge in [0.05, 0.1) is 0 Å². The Bertz CT molecular complexity index is 430. The normalized spacial score (nSPS) is 13.4. The molecule has 1 rings (SSSR count). The van der Waals surface area contributed by atoms with Crippen LogP contribution in [-0.4, -0.2) is 18.1 Å². The van der Waals surface area contributed by atoms with Crippen LogP contribution < -0.4 is 11.1 Å². The largest absolute Gasteiger partial charge is 0.408 e. The van der Waals surface area contributed by atoms with Crippen LogP contribution >= 0.6 is 0 Å². The van der Waals surface area contributed by atoms with Crippen molar-refractivity contribution in [2.75, 3.05) is 5.73 Å². The number of rotatable bonds is 3. The van der Waals surface area contributed by atoms with E-state index in [2.05, 4.69) is 0 Å². The van der Waals surface area contributed by atoms with E-state index in [-0.39, 0.29) is 5.56 Å². The summed E-state index contributed by atoms with van der Waals surface area (Å²) in [7, 11) is 0. The molecule has 0 aliphatic heterocycles. The second kappa shape index (κ2) is 5.29. The zero-order valence-corrected chi connectivity index (χ0v) is 10.1. The van der Waals surface area contributed by atoms with Gasteiger partial charge in [-0.3, -0.25) is 4.79 Å². The fraction of sp³-hybridized carbons (Fsp3) is 0.417. The van der Waals surface area contributed by atoms with Crippen LogP contribution in [0.1, 0.15) is 24.2 Å². The van der Waals surface area contributed by atoms with Gasteiger partial charge in [0.25, 0.3) is 5.91 Å². The molecule has 1 aromatic rings. The van der Waals surface area contributed by atoms with E-state index < -0.39 is 24.0 Å². The molecular weight excluding hydrogens is 245 g/mol. The summed E-state index contributed by atoms with van der Waals surface area (Å²) in [6.07, 6.45) is -4.47. The molecule has 1 atom stereocenters. The van der Waals surface area contributed by atoms with Crippen molar-refractivity contribution in [1.29, 1.82) is 0 Å². The maximum Gasteiger partial charge on any atom is 0.408 e. The quantitative estimate of drug-likeness (QED) is 0.821. The molecule has 6 heteroatoms. The monoisotopic (exact) mass is 260 g/mol. The van der Waals surface area contributed by atoms with Gasteiger partial charge in [-0.2, -0.15) is 13.2 Å². The lowest BCUT2D eigenvalue weighted by Crippen LogP contribution is -2.48. The molecule has 0 bridgehead atoms. The van der Waals surface area contributed by atoms with Gasteiger partial charge in [0.15, 0.2) is 0 Å². The molecule has 0 aliphatic carbocycles. The molecule has 18 heavy (non-hydrogen) atoms. The van der Waals surface area contributed by atoms with Gasteiger partial charge in [-0.25, -0.2) is 0 Å². The first-order chi connectivity index (χ1) is 8.21. The molecule has 0 saturated carbocycles. The first-order valence-electron chi connectivity index (χ1n) is 5.45. The minimum absolute atomic E-state index is 0.116. The third kappa shape index (κ3) is 3.65. The molecule has 100 valence electrons. The van der Waals surface area contributed by atoms with E-state index in [0.717, 1.165) is 0 Å². The van der Waals surface area contributed by atoms with Crippen molar-refractivity contribution in [1.82, 2.24) is 5.32 Å². The Labute approximate surface area is 103 Å². The van der Waals surface area contributed by atoms with Gasteiger partial charge in [0.1, 0.15) is 6.04 Å². The summed E-state index contributed by atoms with van der Waals surface area (Å²) in [5.41, 5.74) is 5.92. The van der Waals surface area contributed by atoms with Crippen molar-refractivity contribution in [3.05, 3.63) is 29.8 Å². The lowest BCUT2D eigenvalue weighted by atomic mass is 10.0. The third-order valence-corrected chi connectivity index (χ3v) is 2.45. The first-order valence-corrected chi connectivity index (χ1v) is 5.45. The number of hydrogen-bond donors (Lipinski definition) is 2. The predicted molar refractivity (Wildman–Crippen MR) is 63.0 cm³/mol. The lowest BCUT2D eigenvalue weighted by molar-refractivity contribution is -0.162. The fourth-order valence-electron chi connectivity index (χ4n) is 1.53. The molecule has 1 aromatic carbocycles. The van der Waals surface area contributed by atoms with Crippen LogP contribution in [0.25, 0.3) is 0 Å². The predicted octanol–water partition coefficient (Wildman–Crippen LogP) is 2.59. The topological polar surface area (TPSA) is 55.1 Å². The van der Waals surface area contributed by atoms with Crippen molar-refractivity contribution in [2.45, 2.75) is 26.1 Å². The number of nitrogens with two attached hydrogens (primary N) is 1. The number of nitrogens with one attached hydrogen (secondary N) is 1. The number of anilines is 1. The molecule has 1 amide bonds. The Balaban J connectivity index is 2.86. The summed E-state index contributed by atoms with van der Waals surface area (Å²) < 4.78 is 38.1. The van der Waals surface area contributed by atoms with E-state index in [1.165, 1.54) is 32.0 Å². The molecule has 0 aliphatic rings. The van der Waals surface area contributed by atoms with Gasteiger partial charge in [-0.05, 0) is 24.1 Å². The number of amides is 1. The van der Waals surface area contributed by atoms with Gasteiger partial charge < -0.3 is 11.1 Å². The highest BCUT2D eigenvalue weighted by Gasteiger charge is 2.42. The Hall–Kier alpha value is -1.72. The third-order valence-electron chi connectivity index (χ3n) is 2.45. The van der Waals surface area contributed by atoms with Gasteiger partial charge in [0.2, 0.25) is 0 Å². The summed E-state index contributed by atoms with van der Waals surface area (Å²) in [6, 6.07) is 3.96. The standard InChI is InChI=1S/C12H15F3N2O/c1-7(2)10(12(13,14)15)17-11(18)8-4-3-5-9(16)6-8/h3-7,10H,16H2,1-2H3,(H,17,18). The van der Waals surface area contributed by atoms with E-state index in [0.29, 0.717) is 5.69 Å². The van der Waals surface area contributed by atoms with Crippen LogP contribution in [0.4, 0.5) is 18.9 Å². The van der Waals surface area contributed by atoms with E-state index in [1.807, 2.05) is 5.32 Å². The summed E-state index contributed by atoms with van der Waals surface area (Å²) >= 11 is 0. The Morgan fingerprint density at radius 1 is 1.33 bits per heavy atom. The average molecular weight is 260 g/mol. The van der Waals surface area contributed by atoms with Crippen LogP contribution in [0.3, 0.4) is 0 Å². The number of carbonyl (C=O) groups excluding carboxylic acids is 1. The lowest BCUT2D eigenvalue weighted by Gasteiger charge is -2.24. The van der Waals surface area contributed by atoms with Gasteiger partial charge >= 0.3 is 6.18 Å². The first kappa shape index (κ1) is 14.3. The van der Waals surface area contributed by atoms with Crippen LogP contribution in [-0.2, 0) is 0 Å². The molecular formula is C12H15F3N2O. The SMILES string of the molecule is CC(C)C(NC(=O)c1cccc(N)c1)C(F)(F)F. The zero-order valence-electron chi connectivity index (χ0n) is 10.1. The van der Waals surface area contributed by atoms with Crippen LogP contribution in [0.5, 0.6) is 0 Å². The minimum atomic E-state index is -4.47. The fourth-order valence-corrected chi connectivity index (χ4v) is 1.53. The maximum absolute atomic E-state index is 12.7. The molecule has 3 nitrogen and oxygen atoms in total. The van der Waals surface area contributed by atoms with Crippen LogP contribution in [0, 0.1) is 5.92 Å². The Kier molecular flexibility index (Phi) is 4.21. The number of nitrogen functional groups attached to an aromatic ring is 1. The second-order valence-corrected chi connectivity index (χ2v) is 4.36. The number of halogens is 3. The molecule has 0 radical (unpaired) electrons. The highest BCUT2D eigenvalue weighted by molar-refractivity contribution is 5.95. The van der Waals surface area contributed by atoms with Gasteiger partial charge in [0, 0.05) is 11.3 Å². The summed E-state index contributed by atoms with van der Waals surface area (Å²) in [6.45, 7) is 2.80. The van der Waals surface area contributed by atoms with Crippen molar-refractivity contribution < 1.29 is 18.0 Å². The molecule has 0 heterocycles. The number of carbonyl (C=O) groups is 1. The minimum Gasteiger partial charge on any atom is -0.399 e. The molecule has 0 saturated heterocycles. The van der Waals surface area contributed by atoms with E-state index >= 15 is 0 Å². The molecule has 0 spiro atoms. The molecule has 0 fully saturated rings. The summed E-state index contributed by atoms with van der Waals surface area (Å²) in [5, 5.41) is 1.98. The van der Waals surface area contributed by atoms with Gasteiger partial charge in [-0.15, -0.1) is 0 Å². The summed E-state index contributed by atoms with van der Waals surface area (Å²) in [5.74, 6) is -1.52. The molecule has 3 N–H and O–H groups in total. The van der Waals surface area contributed by atoms with Crippen LogP contribution in [0.2, 0.25) is 0 Å². The van der Waals surface area contributed by atoms with E-state index in [9.17, 15) is 18.0 Å². The van der Waals surface area contributed by atoms with Crippen molar-refractivity contribution in [3.63, 3.8) is 0 Å². The number of benzene rings is 1. The van der Waals surface area contributed by atoms with Crippen LogP contribution in [0.15, 0.2) is 24.3 Å². The summed E-state index contributed by atoms with van der Waals surface area (Å²) in [4.78, 5) is 11.7. The highest BCUT2D eigenvalue weighted by Crippen LogP contribution is 2.25. The van der Waals surface area contributed by atoms with Gasteiger partial charge in [-0.1, -0.05) is 19.9 Å². The Morgan fingerprint density at radius 3 is 2.39 bits per heavy atom. The van der Waals surface area contributed by atoms with E-state index in [4.69, 9.17) is 5.73 Å². The van der Waals surface area contributed by atoms with Crippen molar-refractivity contribution in [2.24, 2.45) is 5.92 Å². The second-order valence-electron chi connectivity index (χ2n) is 4.36. The Morgan fingerprint density at radius 2 is 1.94 bits per heavy atom. The number of alkyl halides is 3. The average Bonchev–Trinajstić information content (AvgIpc) is 2.23. The zero-order chi connectivity index (χ0) is 13.9. The molecule has 0 aromatic heterocycles. The highest BCUT2D eigenvalue weighted by atomic mass is 19.4.